The number of anilines is 1. The van der Waals surface area contributed by atoms with Crippen LogP contribution in [0.25, 0.3) is 0 Å². The molecule has 2 aromatic heterocycles. The van der Waals surface area contributed by atoms with E-state index in [-0.39, 0.29) is 17.9 Å². The first kappa shape index (κ1) is 21.2. The summed E-state index contributed by atoms with van der Waals surface area (Å²) in [5.41, 5.74) is 3.27. The van der Waals surface area contributed by atoms with Gasteiger partial charge in [-0.05, 0) is 25.3 Å². The molecule has 1 aliphatic heterocycles. The SMILES string of the molecule is CO[C@H](C(=O)Nc1ccnn1C1CCN(C(=O)c2scnc2C)CC1)c1ccccc1. The maximum atomic E-state index is 12.8. The molecule has 1 saturated heterocycles. The Labute approximate surface area is 184 Å². The van der Waals surface area contributed by atoms with Gasteiger partial charge in [-0.3, -0.25) is 9.59 Å². The van der Waals surface area contributed by atoms with Crippen LogP contribution in [0.4, 0.5) is 5.82 Å². The number of likely N-dealkylation sites (tertiary alicyclic amines) is 1. The molecule has 0 radical (unpaired) electrons. The number of amides is 2. The first-order valence-electron chi connectivity index (χ1n) is 10.2. The van der Waals surface area contributed by atoms with Crippen molar-refractivity contribution in [3.8, 4) is 0 Å². The maximum absolute atomic E-state index is 12.8. The lowest BCUT2D eigenvalue weighted by Gasteiger charge is -2.32. The molecule has 9 heteroatoms. The molecule has 8 nitrogen and oxygen atoms in total. The zero-order valence-electron chi connectivity index (χ0n) is 17.5. The highest BCUT2D eigenvalue weighted by molar-refractivity contribution is 7.11. The molecule has 0 spiro atoms. The molecule has 3 aromatic rings. The summed E-state index contributed by atoms with van der Waals surface area (Å²) in [6.45, 7) is 3.13. The highest BCUT2D eigenvalue weighted by Crippen LogP contribution is 2.28. The molecule has 1 atom stereocenters. The quantitative estimate of drug-likeness (QED) is 0.635. The average Bonchev–Trinajstić information content (AvgIpc) is 3.43. The molecule has 31 heavy (non-hydrogen) atoms. The fourth-order valence-electron chi connectivity index (χ4n) is 3.88. The summed E-state index contributed by atoms with van der Waals surface area (Å²) in [6.07, 6.45) is 2.51. The minimum atomic E-state index is -0.702. The van der Waals surface area contributed by atoms with Gasteiger partial charge >= 0.3 is 0 Å². The third-order valence-electron chi connectivity index (χ3n) is 5.54. The van der Waals surface area contributed by atoms with Gasteiger partial charge in [0.05, 0.1) is 23.4 Å². The molecule has 162 valence electrons. The molecule has 1 aliphatic rings. The molecule has 0 bridgehead atoms. The fourth-order valence-corrected chi connectivity index (χ4v) is 4.65. The van der Waals surface area contributed by atoms with E-state index in [0.29, 0.717) is 23.8 Å². The van der Waals surface area contributed by atoms with Crippen LogP contribution >= 0.6 is 11.3 Å². The van der Waals surface area contributed by atoms with Gasteiger partial charge in [-0.15, -0.1) is 11.3 Å². The van der Waals surface area contributed by atoms with Crippen LogP contribution in [0.15, 0.2) is 48.1 Å². The highest BCUT2D eigenvalue weighted by atomic mass is 32.1. The van der Waals surface area contributed by atoms with Gasteiger partial charge in [0.25, 0.3) is 11.8 Å². The molecule has 0 saturated carbocycles. The predicted octanol–water partition coefficient (Wildman–Crippen LogP) is 3.45. The Kier molecular flexibility index (Phi) is 6.43. The van der Waals surface area contributed by atoms with E-state index in [9.17, 15) is 9.59 Å². The van der Waals surface area contributed by atoms with E-state index in [2.05, 4.69) is 15.4 Å². The van der Waals surface area contributed by atoms with Gasteiger partial charge in [0, 0.05) is 26.3 Å². The molecule has 1 aromatic carbocycles. The molecule has 1 N–H and O–H groups in total. The van der Waals surface area contributed by atoms with Gasteiger partial charge < -0.3 is 15.0 Å². The first-order chi connectivity index (χ1) is 15.1. The lowest BCUT2D eigenvalue weighted by atomic mass is 10.0. The Hall–Kier alpha value is -3.04. The van der Waals surface area contributed by atoms with E-state index in [1.807, 2.05) is 46.8 Å². The largest absolute Gasteiger partial charge is 0.367 e. The van der Waals surface area contributed by atoms with E-state index in [0.717, 1.165) is 24.1 Å². The number of nitrogens with zero attached hydrogens (tertiary/aromatic N) is 4. The summed E-state index contributed by atoms with van der Waals surface area (Å²) in [7, 11) is 1.52. The van der Waals surface area contributed by atoms with E-state index in [1.165, 1.54) is 18.4 Å². The second-order valence-corrected chi connectivity index (χ2v) is 8.32. The summed E-state index contributed by atoms with van der Waals surface area (Å²) < 4.78 is 7.27. The Bertz CT molecular complexity index is 1040. The monoisotopic (exact) mass is 439 g/mol. The number of benzene rings is 1. The van der Waals surface area contributed by atoms with Crippen molar-refractivity contribution in [2.75, 3.05) is 25.5 Å². The van der Waals surface area contributed by atoms with Crippen molar-refractivity contribution >= 4 is 29.0 Å². The maximum Gasteiger partial charge on any atom is 0.265 e. The normalized spacial score (nSPS) is 15.6. The first-order valence-corrected chi connectivity index (χ1v) is 11.1. The van der Waals surface area contributed by atoms with Crippen molar-refractivity contribution in [3.63, 3.8) is 0 Å². The van der Waals surface area contributed by atoms with Crippen LogP contribution in [0.2, 0.25) is 0 Å². The van der Waals surface area contributed by atoms with Gasteiger partial charge in [-0.2, -0.15) is 5.10 Å². The second-order valence-electron chi connectivity index (χ2n) is 7.47. The highest BCUT2D eigenvalue weighted by Gasteiger charge is 2.28. The van der Waals surface area contributed by atoms with Crippen LogP contribution in [0.5, 0.6) is 0 Å². The number of carbonyl (C=O) groups is 2. The van der Waals surface area contributed by atoms with Crippen LogP contribution in [0.1, 0.15) is 45.9 Å². The molecular weight excluding hydrogens is 414 g/mol. The zero-order valence-corrected chi connectivity index (χ0v) is 18.3. The second kappa shape index (κ2) is 9.40. The van der Waals surface area contributed by atoms with Crippen LogP contribution in [0, 0.1) is 6.92 Å². The Morgan fingerprint density at radius 3 is 2.58 bits per heavy atom. The summed E-state index contributed by atoms with van der Waals surface area (Å²) >= 11 is 1.38. The van der Waals surface area contributed by atoms with Gasteiger partial charge in [0.1, 0.15) is 10.7 Å². The van der Waals surface area contributed by atoms with Crippen molar-refractivity contribution in [1.29, 1.82) is 0 Å². The standard InChI is InChI=1S/C22H25N5O3S/c1-15-20(31-14-23-15)22(29)26-12-9-17(10-13-26)27-18(8-11-24-27)25-21(28)19(30-2)16-6-4-3-5-7-16/h3-8,11,14,17,19H,9-10,12-13H2,1-2H3,(H,25,28)/t19-/m0/s1. The van der Waals surface area contributed by atoms with Crippen molar-refractivity contribution < 1.29 is 14.3 Å². The molecule has 2 amide bonds. The van der Waals surface area contributed by atoms with E-state index >= 15 is 0 Å². The zero-order chi connectivity index (χ0) is 21.8. The Morgan fingerprint density at radius 2 is 1.94 bits per heavy atom. The molecular formula is C22H25N5O3S. The molecule has 3 heterocycles. The van der Waals surface area contributed by atoms with Crippen molar-refractivity contribution in [2.45, 2.75) is 31.9 Å². The minimum Gasteiger partial charge on any atom is -0.367 e. The Balaban J connectivity index is 1.40. The smallest absolute Gasteiger partial charge is 0.265 e. The third kappa shape index (κ3) is 4.52. The summed E-state index contributed by atoms with van der Waals surface area (Å²) in [4.78, 5) is 32.3. The average molecular weight is 440 g/mol. The van der Waals surface area contributed by atoms with E-state index in [1.54, 1.807) is 17.8 Å². The van der Waals surface area contributed by atoms with Gasteiger partial charge in [-0.1, -0.05) is 30.3 Å². The molecule has 1 fully saturated rings. The van der Waals surface area contributed by atoms with Gasteiger partial charge in [-0.25, -0.2) is 9.67 Å². The number of methoxy groups -OCH3 is 1. The number of piperidine rings is 1. The number of nitrogens with one attached hydrogen (secondary N) is 1. The fraction of sp³-hybridized carbons (Fsp3) is 0.364. The summed E-state index contributed by atoms with van der Waals surface area (Å²) in [5.74, 6) is 0.424. The molecule has 0 aliphatic carbocycles. The predicted molar refractivity (Wildman–Crippen MR) is 118 cm³/mol. The number of hydrogen-bond acceptors (Lipinski definition) is 6. The summed E-state index contributed by atoms with van der Waals surface area (Å²) in [6, 6.07) is 11.3. The van der Waals surface area contributed by atoms with Gasteiger partial charge in [0.15, 0.2) is 6.10 Å². The number of thiazole rings is 1. The lowest BCUT2D eigenvalue weighted by molar-refractivity contribution is -0.126. The van der Waals surface area contributed by atoms with E-state index < -0.39 is 6.10 Å². The van der Waals surface area contributed by atoms with Crippen LogP contribution in [0.3, 0.4) is 0 Å². The number of rotatable bonds is 6. The van der Waals surface area contributed by atoms with Crippen molar-refractivity contribution in [2.24, 2.45) is 0 Å². The molecule has 4 rings (SSSR count). The number of aromatic nitrogens is 3. The topological polar surface area (TPSA) is 89.4 Å². The van der Waals surface area contributed by atoms with E-state index in [4.69, 9.17) is 4.74 Å². The van der Waals surface area contributed by atoms with Crippen molar-refractivity contribution in [1.82, 2.24) is 19.7 Å². The van der Waals surface area contributed by atoms with Crippen LogP contribution < -0.4 is 5.32 Å². The summed E-state index contributed by atoms with van der Waals surface area (Å²) in [5, 5.41) is 7.39. The van der Waals surface area contributed by atoms with Crippen LogP contribution in [-0.4, -0.2) is 51.7 Å². The Morgan fingerprint density at radius 1 is 1.19 bits per heavy atom. The number of hydrogen-bond donors (Lipinski definition) is 1. The number of aryl methyl sites for hydroxylation is 1. The van der Waals surface area contributed by atoms with Gasteiger partial charge in [0.2, 0.25) is 0 Å². The minimum absolute atomic E-state index is 0.0400. The third-order valence-corrected chi connectivity index (χ3v) is 6.45. The number of ether oxygens (including phenoxy) is 1. The molecule has 0 unspecified atom stereocenters. The van der Waals surface area contributed by atoms with Crippen molar-refractivity contribution in [3.05, 3.63) is 64.2 Å². The van der Waals surface area contributed by atoms with Crippen LogP contribution in [-0.2, 0) is 9.53 Å². The number of carbonyl (C=O) groups excluding carboxylic acids is 2. The lowest BCUT2D eigenvalue weighted by Crippen LogP contribution is -2.39.